The van der Waals surface area contributed by atoms with E-state index in [9.17, 15) is 8.42 Å². The van der Waals surface area contributed by atoms with E-state index in [0.29, 0.717) is 10.0 Å². The van der Waals surface area contributed by atoms with Crippen molar-refractivity contribution in [3.8, 4) is 5.75 Å². The monoisotopic (exact) mass is 378 g/mol. The highest BCUT2D eigenvalue weighted by molar-refractivity contribution is 7.90. The number of nitrogens with zero attached hydrogens (tertiary/aromatic N) is 1. The molecule has 0 amide bonds. The van der Waals surface area contributed by atoms with Crippen LogP contribution in [0.4, 0.5) is 5.69 Å². The molecule has 0 aromatic heterocycles. The maximum Gasteiger partial charge on any atom is 0.175 e. The topological polar surface area (TPSA) is 58.6 Å². The van der Waals surface area contributed by atoms with Gasteiger partial charge < -0.3 is 15.0 Å². The lowest BCUT2D eigenvalue weighted by atomic mass is 10.1. The minimum absolute atomic E-state index is 0.00754. The highest BCUT2D eigenvalue weighted by Crippen LogP contribution is 2.22. The van der Waals surface area contributed by atoms with E-state index in [2.05, 4.69) is 5.32 Å². The number of anilines is 1. The normalized spacial score (nSPS) is 12.3. The van der Waals surface area contributed by atoms with Crippen LogP contribution < -0.4 is 10.1 Å². The molecule has 0 bridgehead atoms. The minimum atomic E-state index is -3.19. The molecule has 7 heteroatoms. The number of benzene rings is 2. The average molecular weight is 379 g/mol. The van der Waals surface area contributed by atoms with E-state index in [1.807, 2.05) is 55.3 Å². The predicted molar refractivity (Wildman–Crippen MR) is 105 cm³/mol. The molecule has 5 nitrogen and oxygen atoms in total. The maximum absolute atomic E-state index is 11.6. The Hall–Kier alpha value is -2.12. The van der Waals surface area contributed by atoms with Crippen LogP contribution in [0.3, 0.4) is 0 Å². The zero-order valence-electron chi connectivity index (χ0n) is 14.7. The van der Waals surface area contributed by atoms with Gasteiger partial charge in [-0.25, -0.2) is 8.42 Å². The van der Waals surface area contributed by atoms with Gasteiger partial charge in [-0.2, -0.15) is 0 Å². The molecule has 0 saturated carbocycles. The Kier molecular flexibility index (Phi) is 6.02. The molecule has 0 aliphatic carbocycles. The van der Waals surface area contributed by atoms with Crippen molar-refractivity contribution in [1.82, 2.24) is 4.90 Å². The molecular weight excluding hydrogens is 356 g/mol. The molecule has 0 saturated heterocycles. The summed E-state index contributed by atoms with van der Waals surface area (Å²) in [6, 6.07) is 14.4. The number of rotatable bonds is 5. The van der Waals surface area contributed by atoms with Crippen LogP contribution in [0.2, 0.25) is 0 Å². The fraction of sp³-hybridized carbons (Fsp3) is 0.278. The van der Waals surface area contributed by atoms with Crippen LogP contribution >= 0.6 is 12.2 Å². The van der Waals surface area contributed by atoms with Gasteiger partial charge in [-0.05, 0) is 61.1 Å². The van der Waals surface area contributed by atoms with Gasteiger partial charge in [0, 0.05) is 19.0 Å². The molecule has 2 aromatic rings. The lowest BCUT2D eigenvalue weighted by Crippen LogP contribution is -2.33. The van der Waals surface area contributed by atoms with Crippen molar-refractivity contribution in [2.45, 2.75) is 17.9 Å². The molecule has 0 aliphatic heterocycles. The zero-order valence-corrected chi connectivity index (χ0v) is 16.3. The molecule has 0 heterocycles. The Morgan fingerprint density at radius 3 is 2.16 bits per heavy atom. The quantitative estimate of drug-likeness (QED) is 0.804. The van der Waals surface area contributed by atoms with Gasteiger partial charge in [0.1, 0.15) is 5.75 Å². The van der Waals surface area contributed by atoms with Crippen molar-refractivity contribution in [2.75, 3.05) is 25.7 Å². The summed E-state index contributed by atoms with van der Waals surface area (Å²) < 4.78 is 28.2. The maximum atomic E-state index is 11.6. The number of sulfone groups is 1. The lowest BCUT2D eigenvalue weighted by Gasteiger charge is -2.28. The minimum Gasteiger partial charge on any atom is -0.497 e. The molecule has 2 rings (SSSR count). The summed E-state index contributed by atoms with van der Waals surface area (Å²) in [7, 11) is 0.329. The first-order valence-electron chi connectivity index (χ1n) is 7.70. The molecule has 0 fully saturated rings. The van der Waals surface area contributed by atoms with Crippen LogP contribution in [0.1, 0.15) is 18.5 Å². The molecule has 1 atom stereocenters. The summed E-state index contributed by atoms with van der Waals surface area (Å²) >= 11 is 5.47. The van der Waals surface area contributed by atoms with Crippen molar-refractivity contribution >= 4 is 32.9 Å². The second kappa shape index (κ2) is 7.84. The number of methoxy groups -OCH3 is 1. The van der Waals surface area contributed by atoms with Gasteiger partial charge in [-0.15, -0.1) is 0 Å². The predicted octanol–water partition coefficient (Wildman–Crippen LogP) is 3.49. The molecule has 134 valence electrons. The smallest absolute Gasteiger partial charge is 0.175 e. The van der Waals surface area contributed by atoms with Crippen LogP contribution in [0.25, 0.3) is 0 Å². The molecule has 0 spiro atoms. The van der Waals surface area contributed by atoms with E-state index in [-0.39, 0.29) is 6.04 Å². The SMILES string of the molecule is COc1ccc(NC(=S)N(C)[C@@H](C)c2ccc(S(C)(=O)=O)cc2)cc1. The zero-order chi connectivity index (χ0) is 18.6. The average Bonchev–Trinajstić information content (AvgIpc) is 2.60. The number of hydrogen-bond donors (Lipinski definition) is 1. The third-order valence-electron chi connectivity index (χ3n) is 4.03. The van der Waals surface area contributed by atoms with Gasteiger partial charge in [0.2, 0.25) is 0 Å². The van der Waals surface area contributed by atoms with Crippen molar-refractivity contribution in [2.24, 2.45) is 0 Å². The fourth-order valence-corrected chi connectivity index (χ4v) is 3.19. The molecule has 2 aromatic carbocycles. The summed E-state index contributed by atoms with van der Waals surface area (Å²) in [6.07, 6.45) is 1.20. The Morgan fingerprint density at radius 1 is 1.12 bits per heavy atom. The summed E-state index contributed by atoms with van der Waals surface area (Å²) in [5, 5.41) is 3.76. The molecular formula is C18H22N2O3S2. The first-order chi connectivity index (χ1) is 11.7. The first kappa shape index (κ1) is 19.2. The molecule has 1 N–H and O–H groups in total. The molecule has 0 unspecified atom stereocenters. The van der Waals surface area contributed by atoms with Gasteiger partial charge in [-0.3, -0.25) is 0 Å². The van der Waals surface area contributed by atoms with Crippen molar-refractivity contribution in [1.29, 1.82) is 0 Å². The second-order valence-corrected chi connectivity index (χ2v) is 8.19. The fourth-order valence-electron chi connectivity index (χ4n) is 2.28. The largest absolute Gasteiger partial charge is 0.497 e. The summed E-state index contributed by atoms with van der Waals surface area (Å²) in [4.78, 5) is 2.24. The summed E-state index contributed by atoms with van der Waals surface area (Å²) in [5.41, 5.74) is 1.85. The summed E-state index contributed by atoms with van der Waals surface area (Å²) in [6.45, 7) is 2.01. The van der Waals surface area contributed by atoms with E-state index in [1.54, 1.807) is 19.2 Å². The van der Waals surface area contributed by atoms with Crippen LogP contribution in [0.15, 0.2) is 53.4 Å². The first-order valence-corrected chi connectivity index (χ1v) is 10.00. The van der Waals surface area contributed by atoms with E-state index in [4.69, 9.17) is 17.0 Å². The van der Waals surface area contributed by atoms with E-state index in [0.717, 1.165) is 17.0 Å². The van der Waals surface area contributed by atoms with Crippen LogP contribution in [-0.2, 0) is 9.84 Å². The highest BCUT2D eigenvalue weighted by Gasteiger charge is 2.16. The van der Waals surface area contributed by atoms with E-state index >= 15 is 0 Å². The Balaban J connectivity index is 2.07. The van der Waals surface area contributed by atoms with Gasteiger partial charge in [0.15, 0.2) is 14.9 Å². The Morgan fingerprint density at radius 2 is 1.68 bits per heavy atom. The van der Waals surface area contributed by atoms with Crippen LogP contribution in [-0.4, -0.2) is 38.8 Å². The van der Waals surface area contributed by atoms with Crippen LogP contribution in [0.5, 0.6) is 5.75 Å². The van der Waals surface area contributed by atoms with Crippen molar-refractivity contribution < 1.29 is 13.2 Å². The van der Waals surface area contributed by atoms with Crippen molar-refractivity contribution in [3.63, 3.8) is 0 Å². The molecule has 0 aliphatic rings. The van der Waals surface area contributed by atoms with Gasteiger partial charge in [-0.1, -0.05) is 12.1 Å². The molecule has 0 radical (unpaired) electrons. The van der Waals surface area contributed by atoms with E-state index in [1.165, 1.54) is 6.26 Å². The highest BCUT2D eigenvalue weighted by atomic mass is 32.2. The number of hydrogen-bond acceptors (Lipinski definition) is 4. The third-order valence-corrected chi connectivity index (χ3v) is 5.55. The molecule has 25 heavy (non-hydrogen) atoms. The van der Waals surface area contributed by atoms with Gasteiger partial charge >= 0.3 is 0 Å². The second-order valence-electron chi connectivity index (χ2n) is 5.79. The Labute approximate surface area is 154 Å². The Bertz CT molecular complexity index is 832. The van der Waals surface area contributed by atoms with Crippen LogP contribution in [0, 0.1) is 0 Å². The van der Waals surface area contributed by atoms with Crippen molar-refractivity contribution in [3.05, 3.63) is 54.1 Å². The number of thiocarbonyl (C=S) groups is 1. The van der Waals surface area contributed by atoms with Gasteiger partial charge in [0.25, 0.3) is 0 Å². The van der Waals surface area contributed by atoms with Gasteiger partial charge in [0.05, 0.1) is 18.0 Å². The number of nitrogens with one attached hydrogen (secondary N) is 1. The third kappa shape index (κ3) is 4.93. The number of ether oxygens (including phenoxy) is 1. The van der Waals surface area contributed by atoms with E-state index < -0.39 is 9.84 Å². The standard InChI is InChI=1S/C18H22N2O3S2/c1-13(14-5-11-17(12-6-14)25(4,21)22)20(2)18(24)19-15-7-9-16(23-3)10-8-15/h5-13H,1-4H3,(H,19,24)/t13-/m0/s1. The summed E-state index contributed by atoms with van der Waals surface area (Å²) in [5.74, 6) is 0.782. The lowest BCUT2D eigenvalue weighted by molar-refractivity contribution is 0.408.